The van der Waals surface area contributed by atoms with Crippen LogP contribution in [0.25, 0.3) is 11.5 Å². The third kappa shape index (κ3) is 3.06. The Labute approximate surface area is 143 Å². The van der Waals surface area contributed by atoms with E-state index < -0.39 is 6.10 Å². The molecule has 1 aromatic carbocycles. The average Bonchev–Trinajstić information content (AvgIpc) is 3.27. The number of nitrogens with one attached hydrogen (secondary N) is 1. The lowest BCUT2D eigenvalue weighted by Crippen LogP contribution is -2.43. The molecule has 1 amide bonds. The number of hydrogen-bond donors (Lipinski definition) is 1. The van der Waals surface area contributed by atoms with Gasteiger partial charge in [-0.2, -0.15) is 4.98 Å². The van der Waals surface area contributed by atoms with Crippen LogP contribution in [0.5, 0.6) is 11.5 Å². The SMILES string of the molecule is Cn1cccc1-c1noc(CNC(=O)[C@@H]2COc3ccccc3O2)n1. The van der Waals surface area contributed by atoms with E-state index in [0.29, 0.717) is 23.2 Å². The summed E-state index contributed by atoms with van der Waals surface area (Å²) in [5.74, 6) is 1.69. The molecule has 0 spiro atoms. The van der Waals surface area contributed by atoms with Gasteiger partial charge in [-0.15, -0.1) is 0 Å². The van der Waals surface area contributed by atoms with Crippen LogP contribution in [0, 0.1) is 0 Å². The number of para-hydroxylation sites is 2. The molecule has 0 radical (unpaired) electrons. The van der Waals surface area contributed by atoms with Crippen molar-refractivity contribution in [1.82, 2.24) is 20.0 Å². The van der Waals surface area contributed by atoms with Gasteiger partial charge in [-0.3, -0.25) is 4.79 Å². The van der Waals surface area contributed by atoms with Crippen molar-refractivity contribution in [2.75, 3.05) is 6.61 Å². The van der Waals surface area contributed by atoms with E-state index in [2.05, 4.69) is 15.5 Å². The minimum atomic E-state index is -0.717. The minimum Gasteiger partial charge on any atom is -0.485 e. The summed E-state index contributed by atoms with van der Waals surface area (Å²) in [6, 6.07) is 11.0. The molecule has 0 aliphatic carbocycles. The minimum absolute atomic E-state index is 0.123. The van der Waals surface area contributed by atoms with Gasteiger partial charge in [-0.25, -0.2) is 0 Å². The predicted molar refractivity (Wildman–Crippen MR) is 86.9 cm³/mol. The topological polar surface area (TPSA) is 91.4 Å². The monoisotopic (exact) mass is 340 g/mol. The highest BCUT2D eigenvalue weighted by atomic mass is 16.6. The summed E-state index contributed by atoms with van der Waals surface area (Å²) in [6.07, 6.45) is 1.18. The number of hydrogen-bond acceptors (Lipinski definition) is 6. The lowest BCUT2D eigenvalue weighted by molar-refractivity contribution is -0.130. The van der Waals surface area contributed by atoms with Gasteiger partial charge in [0.25, 0.3) is 5.91 Å². The molecule has 8 heteroatoms. The van der Waals surface area contributed by atoms with Gasteiger partial charge in [-0.1, -0.05) is 17.3 Å². The van der Waals surface area contributed by atoms with Gasteiger partial charge in [0.1, 0.15) is 6.61 Å². The zero-order valence-corrected chi connectivity index (χ0v) is 13.5. The molecule has 0 saturated carbocycles. The number of carbonyl (C=O) groups excluding carboxylic acids is 1. The lowest BCUT2D eigenvalue weighted by Gasteiger charge is -2.25. The number of amides is 1. The molecule has 1 aliphatic heterocycles. The molecule has 1 aliphatic rings. The van der Waals surface area contributed by atoms with Crippen LogP contribution >= 0.6 is 0 Å². The van der Waals surface area contributed by atoms with Crippen molar-refractivity contribution in [1.29, 1.82) is 0 Å². The Morgan fingerprint density at radius 3 is 2.92 bits per heavy atom. The number of aromatic nitrogens is 3. The van der Waals surface area contributed by atoms with E-state index in [1.54, 1.807) is 12.1 Å². The normalized spacial score (nSPS) is 15.8. The second-order valence-corrected chi connectivity index (χ2v) is 5.60. The number of aryl methyl sites for hydroxylation is 1. The molecule has 1 atom stereocenters. The quantitative estimate of drug-likeness (QED) is 0.774. The van der Waals surface area contributed by atoms with E-state index >= 15 is 0 Å². The summed E-state index contributed by atoms with van der Waals surface area (Å²) in [6.45, 7) is 0.277. The van der Waals surface area contributed by atoms with E-state index in [-0.39, 0.29) is 19.1 Å². The number of nitrogens with zero attached hydrogens (tertiary/aromatic N) is 3. The molecule has 128 valence electrons. The standard InChI is InChI=1S/C17H16N4O4/c1-21-8-4-5-11(21)16-19-15(25-20-16)9-18-17(22)14-10-23-12-6-2-3-7-13(12)24-14/h2-8,14H,9-10H2,1H3,(H,18,22)/t14-/m0/s1. The zero-order valence-electron chi connectivity index (χ0n) is 13.5. The van der Waals surface area contributed by atoms with Gasteiger partial charge in [-0.05, 0) is 24.3 Å². The summed E-state index contributed by atoms with van der Waals surface area (Å²) in [5.41, 5.74) is 0.835. The molecule has 2 aromatic heterocycles. The second-order valence-electron chi connectivity index (χ2n) is 5.60. The third-order valence-electron chi connectivity index (χ3n) is 3.86. The van der Waals surface area contributed by atoms with Crippen LogP contribution in [0.3, 0.4) is 0 Å². The van der Waals surface area contributed by atoms with Crippen molar-refractivity contribution in [3.05, 3.63) is 48.5 Å². The summed E-state index contributed by atoms with van der Waals surface area (Å²) < 4.78 is 18.3. The van der Waals surface area contributed by atoms with Crippen molar-refractivity contribution in [3.8, 4) is 23.0 Å². The van der Waals surface area contributed by atoms with Crippen molar-refractivity contribution in [3.63, 3.8) is 0 Å². The molecule has 3 heterocycles. The van der Waals surface area contributed by atoms with Gasteiger partial charge in [0.2, 0.25) is 17.8 Å². The highest BCUT2D eigenvalue weighted by molar-refractivity contribution is 5.81. The lowest BCUT2D eigenvalue weighted by atomic mass is 10.2. The molecule has 4 rings (SSSR count). The van der Waals surface area contributed by atoms with Crippen molar-refractivity contribution < 1.29 is 18.8 Å². The highest BCUT2D eigenvalue weighted by Crippen LogP contribution is 2.30. The van der Waals surface area contributed by atoms with E-state index in [9.17, 15) is 4.79 Å². The number of fused-ring (bicyclic) bond motifs is 1. The molecule has 0 fully saturated rings. The number of ether oxygens (including phenoxy) is 2. The maximum Gasteiger partial charge on any atom is 0.265 e. The first-order valence-corrected chi connectivity index (χ1v) is 7.81. The van der Waals surface area contributed by atoms with Gasteiger partial charge in [0.05, 0.1) is 12.2 Å². The molecule has 8 nitrogen and oxygen atoms in total. The first-order valence-electron chi connectivity index (χ1n) is 7.81. The molecule has 0 unspecified atom stereocenters. The van der Waals surface area contributed by atoms with Gasteiger partial charge in [0, 0.05) is 13.2 Å². The van der Waals surface area contributed by atoms with Gasteiger partial charge in [0.15, 0.2) is 11.5 Å². The number of benzene rings is 1. The summed E-state index contributed by atoms with van der Waals surface area (Å²) in [5, 5.41) is 6.65. The first-order chi connectivity index (χ1) is 12.2. The van der Waals surface area contributed by atoms with Gasteiger partial charge >= 0.3 is 0 Å². The summed E-state index contributed by atoms with van der Waals surface area (Å²) in [4.78, 5) is 16.5. The van der Waals surface area contributed by atoms with Crippen LogP contribution in [0.1, 0.15) is 5.89 Å². The summed E-state index contributed by atoms with van der Waals surface area (Å²) >= 11 is 0. The number of rotatable bonds is 4. The summed E-state index contributed by atoms with van der Waals surface area (Å²) in [7, 11) is 1.89. The fourth-order valence-corrected chi connectivity index (χ4v) is 2.55. The third-order valence-corrected chi connectivity index (χ3v) is 3.86. The Bertz CT molecular complexity index is 901. The van der Waals surface area contributed by atoms with Gasteiger partial charge < -0.3 is 23.9 Å². The Morgan fingerprint density at radius 1 is 1.28 bits per heavy atom. The smallest absolute Gasteiger partial charge is 0.265 e. The van der Waals surface area contributed by atoms with E-state index in [0.717, 1.165) is 5.69 Å². The highest BCUT2D eigenvalue weighted by Gasteiger charge is 2.27. The molecule has 25 heavy (non-hydrogen) atoms. The fraction of sp³-hybridized carbons (Fsp3) is 0.235. The van der Waals surface area contributed by atoms with E-state index in [1.165, 1.54) is 0 Å². The Balaban J connectivity index is 1.37. The van der Waals surface area contributed by atoms with Crippen LogP contribution < -0.4 is 14.8 Å². The maximum atomic E-state index is 12.3. The predicted octanol–water partition coefficient (Wildman–Crippen LogP) is 1.53. The first kappa shape index (κ1) is 15.3. The average molecular weight is 340 g/mol. The molecule has 3 aromatic rings. The van der Waals surface area contributed by atoms with Crippen LogP contribution in [0.4, 0.5) is 0 Å². The van der Waals surface area contributed by atoms with Crippen LogP contribution in [0.2, 0.25) is 0 Å². The Morgan fingerprint density at radius 2 is 2.12 bits per heavy atom. The Kier molecular flexibility index (Phi) is 3.85. The maximum absolute atomic E-state index is 12.3. The van der Waals surface area contributed by atoms with Crippen molar-refractivity contribution >= 4 is 5.91 Å². The Hall–Kier alpha value is -3.29. The van der Waals surface area contributed by atoms with Crippen molar-refractivity contribution in [2.45, 2.75) is 12.6 Å². The van der Waals surface area contributed by atoms with Crippen LogP contribution in [0.15, 0.2) is 47.1 Å². The second kappa shape index (κ2) is 6.31. The van der Waals surface area contributed by atoms with Crippen LogP contribution in [-0.2, 0) is 18.4 Å². The zero-order chi connectivity index (χ0) is 17.2. The molecule has 0 saturated heterocycles. The molecular weight excluding hydrogens is 324 g/mol. The van der Waals surface area contributed by atoms with Crippen molar-refractivity contribution in [2.24, 2.45) is 7.05 Å². The molecular formula is C17H16N4O4. The molecule has 1 N–H and O–H groups in total. The number of carbonyl (C=O) groups is 1. The van der Waals surface area contributed by atoms with E-state index in [1.807, 2.05) is 42.1 Å². The fourth-order valence-electron chi connectivity index (χ4n) is 2.55. The van der Waals surface area contributed by atoms with E-state index in [4.69, 9.17) is 14.0 Å². The van der Waals surface area contributed by atoms with Crippen LogP contribution in [-0.4, -0.2) is 33.3 Å². The molecule has 0 bridgehead atoms. The largest absolute Gasteiger partial charge is 0.485 e.